The van der Waals surface area contributed by atoms with Gasteiger partial charge in [-0.2, -0.15) is 0 Å². The summed E-state index contributed by atoms with van der Waals surface area (Å²) < 4.78 is 23.8. The van der Waals surface area contributed by atoms with Crippen molar-refractivity contribution in [1.29, 1.82) is 0 Å². The Morgan fingerprint density at radius 1 is 0.515 bits per heavy atom. The van der Waals surface area contributed by atoms with Crippen LogP contribution in [0, 0.1) is 0 Å². The topological polar surface area (TPSA) is 105 Å². The second-order valence-corrected chi connectivity index (χ2v) is 22.4. The van der Waals surface area contributed by atoms with Crippen molar-refractivity contribution < 1.29 is 32.9 Å². The van der Waals surface area contributed by atoms with Crippen LogP contribution in [0.5, 0.6) is 0 Å². The van der Waals surface area contributed by atoms with E-state index in [9.17, 15) is 19.4 Å². The third-order valence-corrected chi connectivity index (χ3v) is 14.1. The highest BCUT2D eigenvalue weighted by Gasteiger charge is 2.28. The lowest BCUT2D eigenvalue weighted by molar-refractivity contribution is -0.870. The van der Waals surface area contributed by atoms with Crippen molar-refractivity contribution in [3.8, 4) is 0 Å². The number of hydrogen-bond acceptors (Lipinski definition) is 5. The second kappa shape index (κ2) is 50.4. The molecule has 0 aliphatic carbocycles. The van der Waals surface area contributed by atoms with E-state index in [1.54, 1.807) is 0 Å². The third-order valence-electron chi connectivity index (χ3n) is 13.1. The molecule has 0 heterocycles. The number of nitrogens with one attached hydrogen (secondary N) is 1. The molecule has 9 heteroatoms. The van der Waals surface area contributed by atoms with E-state index < -0.39 is 20.0 Å². The summed E-state index contributed by atoms with van der Waals surface area (Å²) in [5, 5.41) is 14.1. The van der Waals surface area contributed by atoms with Gasteiger partial charge in [0.1, 0.15) is 13.2 Å². The maximum Gasteiger partial charge on any atom is 0.472 e. The van der Waals surface area contributed by atoms with Crippen LogP contribution in [0.25, 0.3) is 0 Å². The number of aliphatic hydroxyl groups is 1. The van der Waals surface area contributed by atoms with Gasteiger partial charge in [0.2, 0.25) is 5.91 Å². The number of phosphoric ester groups is 1. The molecule has 0 aliphatic heterocycles. The van der Waals surface area contributed by atoms with Gasteiger partial charge in [0.05, 0.1) is 39.9 Å². The van der Waals surface area contributed by atoms with Gasteiger partial charge in [-0.1, -0.05) is 262 Å². The number of nitrogens with zero attached hydrogens (tertiary/aromatic N) is 1. The molecule has 0 aromatic carbocycles. The zero-order valence-corrected chi connectivity index (χ0v) is 46.5. The molecule has 0 aliphatic rings. The Bertz CT molecular complexity index is 1250. The Morgan fingerprint density at radius 2 is 0.882 bits per heavy atom. The molecule has 400 valence electrons. The van der Waals surface area contributed by atoms with Gasteiger partial charge in [0, 0.05) is 6.42 Å². The van der Waals surface area contributed by atoms with E-state index in [-0.39, 0.29) is 19.1 Å². The van der Waals surface area contributed by atoms with E-state index in [2.05, 4.69) is 67.8 Å². The van der Waals surface area contributed by atoms with Gasteiger partial charge < -0.3 is 19.8 Å². The molecule has 3 atom stereocenters. The molecule has 0 rings (SSSR count). The van der Waals surface area contributed by atoms with Crippen LogP contribution in [0.4, 0.5) is 0 Å². The van der Waals surface area contributed by atoms with Crippen LogP contribution < -0.4 is 5.32 Å². The number of quaternary nitrogens is 1. The Hall–Kier alpha value is -1.54. The molecule has 0 spiro atoms. The highest BCUT2D eigenvalue weighted by Crippen LogP contribution is 2.43. The third kappa shape index (κ3) is 52.3. The largest absolute Gasteiger partial charge is 0.472 e. The molecule has 3 unspecified atom stereocenters. The lowest BCUT2D eigenvalue weighted by Gasteiger charge is -2.26. The molecule has 0 aromatic heterocycles. The fourth-order valence-electron chi connectivity index (χ4n) is 8.57. The first-order valence-corrected chi connectivity index (χ1v) is 30.5. The fraction of sp³-hybridized carbons (Fsp3) is 0.847. The fourth-order valence-corrected chi connectivity index (χ4v) is 9.31. The summed E-state index contributed by atoms with van der Waals surface area (Å²) in [5.74, 6) is -0.145. The van der Waals surface area contributed by atoms with Crippen LogP contribution in [0.2, 0.25) is 0 Å². The lowest BCUT2D eigenvalue weighted by Crippen LogP contribution is -2.46. The number of phosphoric acid groups is 1. The summed E-state index contributed by atoms with van der Waals surface area (Å²) in [5.41, 5.74) is 0. The standard InChI is InChI=1S/C59H113N2O6P/c1-6-8-10-12-14-16-18-20-22-24-26-28-29-30-31-33-35-37-39-41-43-45-47-49-51-53-59(63)60-57(56-67-68(64,65)66-55-54-61(3,4)5)58(62)52-50-48-46-44-42-40-38-36-34-32-27-25-23-21-19-17-15-13-11-9-7-2/h8,10,14,16,20,22,26,28,57-58,62H,6-7,9,11-13,15,17-19,21,23-25,27,29-56H2,1-5H3,(H-,60,63,64,65)/p+1/b10-8-,16-14-,22-20-,28-26-. The second-order valence-electron chi connectivity index (χ2n) is 21.0. The van der Waals surface area contributed by atoms with E-state index in [1.165, 1.54) is 180 Å². The van der Waals surface area contributed by atoms with Crippen LogP contribution in [0.1, 0.15) is 271 Å². The van der Waals surface area contributed by atoms with Crippen LogP contribution in [0.15, 0.2) is 48.6 Å². The Kier molecular flexibility index (Phi) is 49.3. The SMILES string of the molecule is CC/C=C\C/C=C\C/C=C\C/C=C\CCCCCCCCCCCCCCC(=O)NC(COP(=O)(O)OCC[N+](C)(C)C)C(O)CCCCCCCCCCCCCCCCCCCCCCC. The molecule has 1 amide bonds. The van der Waals surface area contributed by atoms with Crippen molar-refractivity contribution in [3.05, 3.63) is 48.6 Å². The average Bonchev–Trinajstić information content (AvgIpc) is 3.30. The average molecular weight is 979 g/mol. The van der Waals surface area contributed by atoms with E-state index in [1.807, 2.05) is 21.1 Å². The van der Waals surface area contributed by atoms with Crippen molar-refractivity contribution >= 4 is 13.7 Å². The van der Waals surface area contributed by atoms with E-state index in [0.29, 0.717) is 23.9 Å². The normalized spacial score (nSPS) is 14.3. The van der Waals surface area contributed by atoms with E-state index >= 15 is 0 Å². The number of likely N-dealkylation sites (N-methyl/N-ethyl adjacent to an activating group) is 1. The summed E-state index contributed by atoms with van der Waals surface area (Å²) in [6, 6.07) is -0.763. The molecule has 68 heavy (non-hydrogen) atoms. The summed E-state index contributed by atoms with van der Waals surface area (Å²) >= 11 is 0. The minimum Gasteiger partial charge on any atom is -0.391 e. The van der Waals surface area contributed by atoms with Crippen LogP contribution in [0.3, 0.4) is 0 Å². The molecular formula is C59H114N2O6P+. The van der Waals surface area contributed by atoms with E-state index in [0.717, 1.165) is 64.2 Å². The number of hydrogen-bond donors (Lipinski definition) is 3. The van der Waals surface area contributed by atoms with Crippen LogP contribution in [-0.4, -0.2) is 73.4 Å². The van der Waals surface area contributed by atoms with Gasteiger partial charge in [-0.15, -0.1) is 0 Å². The molecule has 0 fully saturated rings. The van der Waals surface area contributed by atoms with Crippen molar-refractivity contribution in [2.75, 3.05) is 40.9 Å². The van der Waals surface area contributed by atoms with Crippen molar-refractivity contribution in [2.45, 2.75) is 283 Å². The van der Waals surface area contributed by atoms with Gasteiger partial charge in [-0.05, 0) is 51.4 Å². The Morgan fingerprint density at radius 3 is 1.29 bits per heavy atom. The molecule has 8 nitrogen and oxygen atoms in total. The number of allylic oxidation sites excluding steroid dienone is 8. The number of rotatable bonds is 53. The first-order valence-electron chi connectivity index (χ1n) is 29.0. The summed E-state index contributed by atoms with van der Waals surface area (Å²) in [6.07, 6.45) is 65.9. The number of carbonyl (C=O) groups is 1. The van der Waals surface area contributed by atoms with Gasteiger partial charge in [-0.25, -0.2) is 4.57 Å². The molecule has 0 radical (unpaired) electrons. The number of amides is 1. The molecular weight excluding hydrogens is 864 g/mol. The van der Waals surface area contributed by atoms with Gasteiger partial charge in [0.15, 0.2) is 0 Å². The van der Waals surface area contributed by atoms with Crippen LogP contribution in [-0.2, 0) is 18.4 Å². The first-order chi connectivity index (χ1) is 33.0. The maximum absolute atomic E-state index is 13.0. The van der Waals surface area contributed by atoms with Crippen LogP contribution >= 0.6 is 7.82 Å². The summed E-state index contributed by atoms with van der Waals surface area (Å²) in [4.78, 5) is 23.4. The highest BCUT2D eigenvalue weighted by molar-refractivity contribution is 7.47. The van der Waals surface area contributed by atoms with Crippen molar-refractivity contribution in [1.82, 2.24) is 5.32 Å². The predicted molar refractivity (Wildman–Crippen MR) is 295 cm³/mol. The molecule has 0 bridgehead atoms. The number of aliphatic hydroxyl groups excluding tert-OH is 1. The lowest BCUT2D eigenvalue weighted by atomic mass is 10.0. The van der Waals surface area contributed by atoms with Crippen molar-refractivity contribution in [3.63, 3.8) is 0 Å². The van der Waals surface area contributed by atoms with Crippen molar-refractivity contribution in [2.24, 2.45) is 0 Å². The zero-order valence-electron chi connectivity index (χ0n) is 45.6. The first kappa shape index (κ1) is 66.5. The number of unbranched alkanes of at least 4 members (excludes halogenated alkanes) is 32. The Balaban J connectivity index is 4.16. The Labute approximate surface area is 422 Å². The quantitative estimate of drug-likeness (QED) is 0.0243. The molecule has 0 aromatic rings. The minimum atomic E-state index is -4.33. The number of carbonyl (C=O) groups excluding carboxylic acids is 1. The van der Waals surface area contributed by atoms with Gasteiger partial charge in [0.25, 0.3) is 0 Å². The van der Waals surface area contributed by atoms with Gasteiger partial charge >= 0.3 is 7.82 Å². The smallest absolute Gasteiger partial charge is 0.391 e. The van der Waals surface area contributed by atoms with E-state index in [4.69, 9.17) is 9.05 Å². The molecule has 0 saturated heterocycles. The maximum atomic E-state index is 13.0. The zero-order chi connectivity index (χ0) is 49.9. The van der Waals surface area contributed by atoms with Gasteiger partial charge in [-0.3, -0.25) is 13.8 Å². The summed E-state index contributed by atoms with van der Waals surface area (Å²) in [6.45, 7) is 4.81. The monoisotopic (exact) mass is 978 g/mol. The minimum absolute atomic E-state index is 0.0739. The predicted octanol–water partition coefficient (Wildman–Crippen LogP) is 17.5. The molecule has 3 N–H and O–H groups in total. The summed E-state index contributed by atoms with van der Waals surface area (Å²) in [7, 11) is 1.62. The highest BCUT2D eigenvalue weighted by atomic mass is 31.2. The molecule has 0 saturated carbocycles.